The van der Waals surface area contributed by atoms with Crippen molar-refractivity contribution >= 4 is 5.91 Å². The van der Waals surface area contributed by atoms with Crippen LogP contribution in [0.3, 0.4) is 0 Å². The molecule has 0 bridgehead atoms. The molecule has 0 radical (unpaired) electrons. The maximum absolute atomic E-state index is 12.6. The number of aryl methyl sites for hydroxylation is 4. The van der Waals surface area contributed by atoms with Gasteiger partial charge in [0, 0.05) is 23.5 Å². The smallest absolute Gasteiger partial charge is 0.317 e. The quantitative estimate of drug-likeness (QED) is 0.846. The Balaban J connectivity index is 1.63. The number of rotatable bonds is 4. The third-order valence-corrected chi connectivity index (χ3v) is 4.47. The Morgan fingerprint density at radius 1 is 1.28 bits per heavy atom. The van der Waals surface area contributed by atoms with Gasteiger partial charge in [0.05, 0.1) is 18.7 Å². The first-order valence-electron chi connectivity index (χ1n) is 8.61. The molecule has 7 nitrogen and oxygen atoms in total. The van der Waals surface area contributed by atoms with Gasteiger partial charge in [0.2, 0.25) is 5.91 Å². The summed E-state index contributed by atoms with van der Waals surface area (Å²) < 4.78 is 11.1. The molecule has 0 spiro atoms. The number of hydrogen-bond donors (Lipinski definition) is 0. The van der Waals surface area contributed by atoms with Gasteiger partial charge in [-0.05, 0) is 46.6 Å². The van der Waals surface area contributed by atoms with Gasteiger partial charge in [0.25, 0.3) is 0 Å². The van der Waals surface area contributed by atoms with Gasteiger partial charge in [0.1, 0.15) is 11.9 Å². The number of carbonyl (C=O) groups excluding carboxylic acids is 1. The summed E-state index contributed by atoms with van der Waals surface area (Å²) in [5.74, 6) is 0.781. The second-order valence-corrected chi connectivity index (χ2v) is 6.63. The maximum Gasteiger partial charge on any atom is 0.317 e. The second kappa shape index (κ2) is 7.21. The van der Waals surface area contributed by atoms with E-state index in [0.717, 1.165) is 42.0 Å². The molecule has 2 aromatic heterocycles. The predicted molar refractivity (Wildman–Crippen MR) is 91.4 cm³/mol. The van der Waals surface area contributed by atoms with Crippen molar-refractivity contribution in [2.24, 2.45) is 0 Å². The van der Waals surface area contributed by atoms with E-state index >= 15 is 0 Å². The lowest BCUT2D eigenvalue weighted by molar-refractivity contribution is -0.133. The van der Waals surface area contributed by atoms with E-state index in [9.17, 15) is 4.79 Å². The van der Waals surface area contributed by atoms with Gasteiger partial charge in [0.15, 0.2) is 0 Å². The van der Waals surface area contributed by atoms with Gasteiger partial charge in [-0.25, -0.2) is 9.97 Å². The summed E-state index contributed by atoms with van der Waals surface area (Å²) in [5.41, 5.74) is 3.42. The molecule has 1 fully saturated rings. The van der Waals surface area contributed by atoms with Crippen LogP contribution in [-0.4, -0.2) is 45.1 Å². The zero-order valence-corrected chi connectivity index (χ0v) is 15.2. The average molecular weight is 344 g/mol. The maximum atomic E-state index is 12.6. The minimum absolute atomic E-state index is 0.0732. The molecule has 3 rings (SSSR count). The first-order chi connectivity index (χ1) is 11.9. The Morgan fingerprint density at radius 2 is 2.00 bits per heavy atom. The topological polar surface area (TPSA) is 81.4 Å². The molecule has 1 unspecified atom stereocenters. The molecule has 1 amide bonds. The Bertz CT molecular complexity index is 732. The predicted octanol–water partition coefficient (Wildman–Crippen LogP) is 2.31. The molecule has 1 aliphatic heterocycles. The minimum Gasteiger partial charge on any atom is -0.458 e. The first-order valence-corrected chi connectivity index (χ1v) is 8.61. The molecule has 134 valence electrons. The van der Waals surface area contributed by atoms with E-state index < -0.39 is 0 Å². The highest BCUT2D eigenvalue weighted by Crippen LogP contribution is 2.19. The van der Waals surface area contributed by atoms with Crippen LogP contribution in [-0.2, 0) is 11.2 Å². The van der Waals surface area contributed by atoms with Crippen LogP contribution in [0, 0.1) is 27.7 Å². The van der Waals surface area contributed by atoms with Crippen molar-refractivity contribution in [3.8, 4) is 6.01 Å². The lowest BCUT2D eigenvalue weighted by atomic mass is 10.1. The molecule has 0 saturated carbocycles. The molecule has 3 heterocycles. The van der Waals surface area contributed by atoms with E-state index in [1.807, 2.05) is 38.7 Å². The van der Waals surface area contributed by atoms with Gasteiger partial charge >= 0.3 is 6.01 Å². The highest BCUT2D eigenvalue weighted by Gasteiger charge is 2.27. The summed E-state index contributed by atoms with van der Waals surface area (Å²) in [7, 11) is 0. The number of aromatic nitrogens is 3. The standard InChI is InChI=1S/C18H24N4O3/c1-11-8-12(2)20-18(19-11)24-15-6-5-7-22(10-15)17(23)9-16-13(3)21-25-14(16)4/h8,15H,5-7,9-10H2,1-4H3. The van der Waals surface area contributed by atoms with Crippen LogP contribution in [0.15, 0.2) is 10.6 Å². The van der Waals surface area contributed by atoms with Crippen molar-refractivity contribution in [2.75, 3.05) is 13.1 Å². The molecule has 1 aliphatic rings. The van der Waals surface area contributed by atoms with Crippen molar-refractivity contribution in [2.45, 2.75) is 53.1 Å². The highest BCUT2D eigenvalue weighted by atomic mass is 16.5. The van der Waals surface area contributed by atoms with Crippen LogP contribution in [0.1, 0.15) is 41.2 Å². The SMILES string of the molecule is Cc1cc(C)nc(OC2CCCN(C(=O)Cc3c(C)noc3C)C2)n1. The van der Waals surface area contributed by atoms with Gasteiger partial charge in [-0.15, -0.1) is 0 Å². The summed E-state index contributed by atoms with van der Waals surface area (Å²) in [6.45, 7) is 8.83. The van der Waals surface area contributed by atoms with E-state index in [1.165, 1.54) is 0 Å². The van der Waals surface area contributed by atoms with E-state index in [4.69, 9.17) is 9.26 Å². The molecule has 0 N–H and O–H groups in total. The number of carbonyl (C=O) groups is 1. The van der Waals surface area contributed by atoms with Gasteiger partial charge in [-0.3, -0.25) is 4.79 Å². The summed E-state index contributed by atoms with van der Waals surface area (Å²) >= 11 is 0. The monoisotopic (exact) mass is 344 g/mol. The van der Waals surface area contributed by atoms with E-state index in [2.05, 4.69) is 15.1 Å². The zero-order chi connectivity index (χ0) is 18.0. The largest absolute Gasteiger partial charge is 0.458 e. The van der Waals surface area contributed by atoms with Crippen LogP contribution in [0.25, 0.3) is 0 Å². The number of amides is 1. The van der Waals surface area contributed by atoms with Gasteiger partial charge in [-0.1, -0.05) is 5.16 Å². The third kappa shape index (κ3) is 4.15. The van der Waals surface area contributed by atoms with E-state index in [1.54, 1.807) is 0 Å². The number of piperidine rings is 1. The Labute approximate surface area is 147 Å². The first kappa shape index (κ1) is 17.4. The summed E-state index contributed by atoms with van der Waals surface area (Å²) in [4.78, 5) is 23.1. The third-order valence-electron chi connectivity index (χ3n) is 4.47. The number of likely N-dealkylation sites (tertiary alicyclic amines) is 1. The summed E-state index contributed by atoms with van der Waals surface area (Å²) in [5, 5.41) is 3.91. The number of nitrogens with zero attached hydrogens (tertiary/aromatic N) is 4. The van der Waals surface area contributed by atoms with E-state index in [0.29, 0.717) is 24.7 Å². The molecular weight excluding hydrogens is 320 g/mol. The van der Waals surface area contributed by atoms with Crippen molar-refractivity contribution < 1.29 is 14.1 Å². The zero-order valence-electron chi connectivity index (χ0n) is 15.2. The fourth-order valence-electron chi connectivity index (χ4n) is 3.17. The molecule has 1 saturated heterocycles. The van der Waals surface area contributed by atoms with Crippen LogP contribution in [0.5, 0.6) is 6.01 Å². The second-order valence-electron chi connectivity index (χ2n) is 6.63. The van der Waals surface area contributed by atoms with Gasteiger partial charge in [-0.2, -0.15) is 0 Å². The average Bonchev–Trinajstić information content (AvgIpc) is 2.86. The Hall–Kier alpha value is -2.44. The van der Waals surface area contributed by atoms with Crippen LogP contribution >= 0.6 is 0 Å². The van der Waals surface area contributed by atoms with E-state index in [-0.39, 0.29) is 12.0 Å². The summed E-state index contributed by atoms with van der Waals surface area (Å²) in [6.07, 6.45) is 2.03. The lowest BCUT2D eigenvalue weighted by Gasteiger charge is -2.32. The molecular formula is C18H24N4O3. The molecule has 0 aromatic carbocycles. The Morgan fingerprint density at radius 3 is 2.64 bits per heavy atom. The summed E-state index contributed by atoms with van der Waals surface area (Å²) in [6, 6.07) is 2.30. The highest BCUT2D eigenvalue weighted by molar-refractivity contribution is 5.79. The molecule has 25 heavy (non-hydrogen) atoms. The molecule has 0 aliphatic carbocycles. The normalized spacial score (nSPS) is 17.6. The lowest BCUT2D eigenvalue weighted by Crippen LogP contribution is -2.45. The minimum atomic E-state index is -0.0800. The van der Waals surface area contributed by atoms with Crippen molar-refractivity contribution in [3.05, 3.63) is 34.5 Å². The van der Waals surface area contributed by atoms with Crippen LogP contribution in [0.4, 0.5) is 0 Å². The number of hydrogen-bond acceptors (Lipinski definition) is 6. The van der Waals surface area contributed by atoms with Crippen molar-refractivity contribution in [1.82, 2.24) is 20.0 Å². The molecule has 7 heteroatoms. The molecule has 1 atom stereocenters. The fraction of sp³-hybridized carbons (Fsp3) is 0.556. The number of ether oxygens (including phenoxy) is 1. The fourth-order valence-corrected chi connectivity index (χ4v) is 3.17. The Kier molecular flexibility index (Phi) is 5.01. The van der Waals surface area contributed by atoms with Gasteiger partial charge < -0.3 is 14.2 Å². The van der Waals surface area contributed by atoms with Crippen LogP contribution < -0.4 is 4.74 Å². The van der Waals surface area contributed by atoms with Crippen LogP contribution in [0.2, 0.25) is 0 Å². The van der Waals surface area contributed by atoms with Crippen molar-refractivity contribution in [1.29, 1.82) is 0 Å². The molecule has 2 aromatic rings. The van der Waals surface area contributed by atoms with Crippen molar-refractivity contribution in [3.63, 3.8) is 0 Å².